The second-order valence-corrected chi connectivity index (χ2v) is 10.5. The van der Waals surface area contributed by atoms with Crippen LogP contribution in [0.1, 0.15) is 32.8 Å². The van der Waals surface area contributed by atoms with E-state index in [1.807, 2.05) is 36.9 Å². The van der Waals surface area contributed by atoms with E-state index in [9.17, 15) is 18.0 Å². The van der Waals surface area contributed by atoms with Gasteiger partial charge in [-0.3, -0.25) is 9.69 Å². The van der Waals surface area contributed by atoms with E-state index < -0.39 is 15.6 Å². The summed E-state index contributed by atoms with van der Waals surface area (Å²) in [7, 11) is -3.39. The molecule has 2 saturated heterocycles. The van der Waals surface area contributed by atoms with Crippen LogP contribution in [0.3, 0.4) is 0 Å². The van der Waals surface area contributed by atoms with E-state index in [1.165, 1.54) is 9.21 Å². The molecular formula is C20H30N4O4S. The second kappa shape index (κ2) is 8.41. The molecule has 0 saturated carbocycles. The third-order valence-electron chi connectivity index (χ3n) is 5.42. The Morgan fingerprint density at radius 1 is 1.07 bits per heavy atom. The molecule has 160 valence electrons. The largest absolute Gasteiger partial charge is 0.326 e. The molecule has 29 heavy (non-hydrogen) atoms. The molecule has 0 unspecified atom stereocenters. The van der Waals surface area contributed by atoms with Gasteiger partial charge in [0, 0.05) is 26.2 Å². The van der Waals surface area contributed by atoms with E-state index in [-0.39, 0.29) is 30.3 Å². The first-order valence-electron chi connectivity index (χ1n) is 9.99. The number of piperazine rings is 1. The van der Waals surface area contributed by atoms with Crippen LogP contribution in [-0.4, -0.2) is 72.8 Å². The summed E-state index contributed by atoms with van der Waals surface area (Å²) >= 11 is 0. The number of rotatable bonds is 7. The molecule has 2 aliphatic rings. The van der Waals surface area contributed by atoms with Crippen LogP contribution in [0.5, 0.6) is 0 Å². The highest BCUT2D eigenvalue weighted by Gasteiger charge is 2.48. The molecule has 1 N–H and O–H groups in total. The van der Waals surface area contributed by atoms with E-state index in [4.69, 9.17) is 0 Å². The summed E-state index contributed by atoms with van der Waals surface area (Å²) in [5.74, 6) is 0.0481. The summed E-state index contributed by atoms with van der Waals surface area (Å²) < 4.78 is 26.8. The lowest BCUT2D eigenvalue weighted by atomic mass is 9.91. The Bertz CT molecular complexity index is 850. The zero-order valence-electron chi connectivity index (χ0n) is 17.3. The van der Waals surface area contributed by atoms with Crippen molar-refractivity contribution in [2.75, 3.05) is 32.8 Å². The van der Waals surface area contributed by atoms with E-state index >= 15 is 0 Å². The fourth-order valence-corrected chi connectivity index (χ4v) is 5.57. The topological polar surface area (TPSA) is 90.0 Å². The van der Waals surface area contributed by atoms with Crippen molar-refractivity contribution in [2.45, 2.75) is 38.5 Å². The van der Waals surface area contributed by atoms with Gasteiger partial charge < -0.3 is 5.32 Å². The van der Waals surface area contributed by atoms with Crippen molar-refractivity contribution >= 4 is 22.0 Å². The quantitative estimate of drug-likeness (QED) is 0.672. The number of nitrogens with zero attached hydrogens (tertiary/aromatic N) is 3. The van der Waals surface area contributed by atoms with Crippen LogP contribution >= 0.6 is 0 Å². The Morgan fingerprint density at radius 2 is 1.69 bits per heavy atom. The van der Waals surface area contributed by atoms with E-state index in [0.29, 0.717) is 32.6 Å². The lowest BCUT2D eigenvalue weighted by molar-refractivity contribution is -0.133. The van der Waals surface area contributed by atoms with E-state index in [1.54, 1.807) is 19.1 Å². The summed E-state index contributed by atoms with van der Waals surface area (Å²) in [6, 6.07) is 8.75. The maximum absolute atomic E-state index is 12.8. The van der Waals surface area contributed by atoms with Crippen molar-refractivity contribution in [1.82, 2.24) is 19.4 Å². The Kier molecular flexibility index (Phi) is 6.30. The third kappa shape index (κ3) is 4.96. The second-order valence-electron chi connectivity index (χ2n) is 8.49. The predicted molar refractivity (Wildman–Crippen MR) is 110 cm³/mol. The molecule has 2 aliphatic heterocycles. The first-order valence-corrected chi connectivity index (χ1v) is 11.6. The number of imide groups is 1. The maximum atomic E-state index is 12.8. The van der Waals surface area contributed by atoms with Crippen LogP contribution in [-0.2, 0) is 20.6 Å². The van der Waals surface area contributed by atoms with Gasteiger partial charge in [-0.25, -0.2) is 18.1 Å². The van der Waals surface area contributed by atoms with Crippen molar-refractivity contribution in [1.29, 1.82) is 0 Å². The molecule has 2 heterocycles. The minimum absolute atomic E-state index is 0.0194. The Labute approximate surface area is 172 Å². The summed E-state index contributed by atoms with van der Waals surface area (Å²) in [6.07, 6.45) is 0.583. The number of urea groups is 1. The normalized spacial score (nSPS) is 24.3. The van der Waals surface area contributed by atoms with Crippen LogP contribution in [0.4, 0.5) is 4.79 Å². The average molecular weight is 423 g/mol. The summed E-state index contributed by atoms with van der Waals surface area (Å²) in [6.45, 7) is 7.64. The van der Waals surface area contributed by atoms with Crippen LogP contribution < -0.4 is 5.32 Å². The van der Waals surface area contributed by atoms with E-state index in [0.717, 1.165) is 5.56 Å². The molecule has 8 nitrogen and oxygen atoms in total. The predicted octanol–water partition coefficient (Wildman–Crippen LogP) is 1.45. The standard InChI is InChI=1S/C20H30N4O4S/c1-16(2)13-20(3)18(25)24(19(26)21-20)15-22-9-11-23(12-10-22)29(27,28)14-17-7-5-4-6-8-17/h4-8,16H,9-15H2,1-3H3,(H,21,26)/t20-/m1/s1. The highest BCUT2D eigenvalue weighted by Crippen LogP contribution is 2.25. The van der Waals surface area contributed by atoms with Gasteiger partial charge in [-0.1, -0.05) is 44.2 Å². The van der Waals surface area contributed by atoms with Crippen molar-refractivity contribution < 1.29 is 18.0 Å². The van der Waals surface area contributed by atoms with Crippen molar-refractivity contribution in [2.24, 2.45) is 5.92 Å². The fraction of sp³-hybridized carbons (Fsp3) is 0.600. The number of amides is 3. The maximum Gasteiger partial charge on any atom is 0.326 e. The molecule has 3 amide bonds. The molecule has 2 fully saturated rings. The minimum atomic E-state index is -3.39. The highest BCUT2D eigenvalue weighted by atomic mass is 32.2. The number of sulfonamides is 1. The van der Waals surface area contributed by atoms with Crippen LogP contribution in [0.25, 0.3) is 0 Å². The summed E-state index contributed by atoms with van der Waals surface area (Å²) in [5.41, 5.74) is -0.106. The van der Waals surface area contributed by atoms with E-state index in [2.05, 4.69) is 5.32 Å². The Balaban J connectivity index is 1.56. The Morgan fingerprint density at radius 3 is 2.28 bits per heavy atom. The molecule has 0 spiro atoms. The molecule has 9 heteroatoms. The number of hydrogen-bond acceptors (Lipinski definition) is 5. The molecule has 1 aromatic rings. The number of benzene rings is 1. The van der Waals surface area contributed by atoms with Gasteiger partial charge in [-0.2, -0.15) is 4.31 Å². The fourth-order valence-electron chi connectivity index (χ4n) is 4.06. The van der Waals surface area contributed by atoms with Crippen LogP contribution in [0.15, 0.2) is 30.3 Å². The first-order chi connectivity index (χ1) is 13.6. The number of carbonyl (C=O) groups is 2. The van der Waals surface area contributed by atoms with Crippen LogP contribution in [0, 0.1) is 5.92 Å². The number of carbonyl (C=O) groups excluding carboxylic acids is 2. The highest BCUT2D eigenvalue weighted by molar-refractivity contribution is 7.88. The van der Waals surface area contributed by atoms with Gasteiger partial charge in [0.15, 0.2) is 0 Å². The van der Waals surface area contributed by atoms with Gasteiger partial charge in [-0.05, 0) is 24.8 Å². The van der Waals surface area contributed by atoms with Gasteiger partial charge in [-0.15, -0.1) is 0 Å². The van der Waals surface area contributed by atoms with Gasteiger partial charge in [0.05, 0.1) is 12.4 Å². The molecule has 1 atom stereocenters. The summed E-state index contributed by atoms with van der Waals surface area (Å²) in [5, 5.41) is 2.82. The van der Waals surface area contributed by atoms with Gasteiger partial charge in [0.2, 0.25) is 10.0 Å². The molecule has 0 radical (unpaired) electrons. The minimum Gasteiger partial charge on any atom is -0.323 e. The first kappa shape index (κ1) is 21.7. The van der Waals surface area contributed by atoms with Crippen molar-refractivity contribution in [3.8, 4) is 0 Å². The van der Waals surface area contributed by atoms with Crippen LogP contribution in [0.2, 0.25) is 0 Å². The zero-order chi connectivity index (χ0) is 21.2. The number of nitrogens with one attached hydrogen (secondary N) is 1. The molecular weight excluding hydrogens is 392 g/mol. The SMILES string of the molecule is CC(C)C[C@@]1(C)NC(=O)N(CN2CCN(S(=O)(=O)Cc3ccccc3)CC2)C1=O. The lowest BCUT2D eigenvalue weighted by Crippen LogP contribution is -2.53. The molecule has 1 aromatic carbocycles. The van der Waals surface area contributed by atoms with Crippen molar-refractivity contribution in [3.05, 3.63) is 35.9 Å². The summed E-state index contributed by atoms with van der Waals surface area (Å²) in [4.78, 5) is 28.3. The smallest absolute Gasteiger partial charge is 0.323 e. The van der Waals surface area contributed by atoms with Gasteiger partial charge in [0.25, 0.3) is 5.91 Å². The van der Waals surface area contributed by atoms with Gasteiger partial charge >= 0.3 is 6.03 Å². The average Bonchev–Trinajstić information content (AvgIpc) is 2.85. The van der Waals surface area contributed by atoms with Crippen molar-refractivity contribution in [3.63, 3.8) is 0 Å². The van der Waals surface area contributed by atoms with Gasteiger partial charge in [0.1, 0.15) is 5.54 Å². The monoisotopic (exact) mass is 422 g/mol. The molecule has 0 aromatic heterocycles. The third-order valence-corrected chi connectivity index (χ3v) is 7.27. The molecule has 3 rings (SSSR count). The zero-order valence-corrected chi connectivity index (χ0v) is 18.1. The Hall–Kier alpha value is -1.97. The molecule has 0 aliphatic carbocycles. The number of hydrogen-bond donors (Lipinski definition) is 1. The lowest BCUT2D eigenvalue weighted by Gasteiger charge is -2.35. The molecule has 0 bridgehead atoms.